The molecule has 1 rings (SSSR count). The molecule has 96 valence electrons. The molecule has 0 aromatic rings. The highest BCUT2D eigenvalue weighted by atomic mass is 16.2. The van der Waals surface area contributed by atoms with Gasteiger partial charge in [0.25, 0.3) is 0 Å². The Bertz CT molecular complexity index is 304. The zero-order valence-electron chi connectivity index (χ0n) is 11.3. The van der Waals surface area contributed by atoms with E-state index >= 15 is 0 Å². The summed E-state index contributed by atoms with van der Waals surface area (Å²) in [5.74, 6) is 0.884. The van der Waals surface area contributed by atoms with Crippen molar-refractivity contribution in [2.24, 2.45) is 11.3 Å². The third kappa shape index (κ3) is 4.38. The molecule has 0 aromatic carbocycles. The molecule has 1 aliphatic rings. The fourth-order valence-corrected chi connectivity index (χ4v) is 2.27. The first kappa shape index (κ1) is 14.0. The molecular weight excluding hydrogens is 212 g/mol. The first-order chi connectivity index (χ1) is 7.98. The Hall–Kier alpha value is -1.04. The van der Waals surface area contributed by atoms with Gasteiger partial charge in [-0.05, 0) is 32.6 Å². The second kappa shape index (κ2) is 6.05. The molecule has 0 radical (unpaired) electrons. The van der Waals surface area contributed by atoms with Gasteiger partial charge in [0.2, 0.25) is 5.91 Å². The molecule has 1 heterocycles. The maximum atomic E-state index is 11.7. The van der Waals surface area contributed by atoms with Gasteiger partial charge in [0.1, 0.15) is 0 Å². The molecule has 1 saturated heterocycles. The molecule has 1 aliphatic heterocycles. The predicted octanol–water partition coefficient (Wildman–Crippen LogP) is 2.96. The number of nitriles is 1. The van der Waals surface area contributed by atoms with Crippen LogP contribution in [0.5, 0.6) is 0 Å². The largest absolute Gasteiger partial charge is 0.342 e. The third-order valence-electron chi connectivity index (χ3n) is 3.65. The topological polar surface area (TPSA) is 44.1 Å². The van der Waals surface area contributed by atoms with Gasteiger partial charge in [-0.25, -0.2) is 0 Å². The van der Waals surface area contributed by atoms with Crippen molar-refractivity contribution in [3.8, 4) is 6.07 Å². The van der Waals surface area contributed by atoms with Gasteiger partial charge in [0, 0.05) is 19.5 Å². The monoisotopic (exact) mass is 236 g/mol. The average molecular weight is 236 g/mol. The number of carbonyl (C=O) groups excluding carboxylic acids is 1. The lowest BCUT2D eigenvalue weighted by Crippen LogP contribution is -2.26. The predicted molar refractivity (Wildman–Crippen MR) is 68.2 cm³/mol. The summed E-state index contributed by atoms with van der Waals surface area (Å²) >= 11 is 0. The Morgan fingerprint density at radius 3 is 2.71 bits per heavy atom. The third-order valence-corrected chi connectivity index (χ3v) is 3.65. The molecular formula is C14H24N2O. The van der Waals surface area contributed by atoms with Crippen LogP contribution < -0.4 is 0 Å². The van der Waals surface area contributed by atoms with Crippen molar-refractivity contribution < 1.29 is 4.79 Å². The van der Waals surface area contributed by atoms with Gasteiger partial charge in [-0.15, -0.1) is 0 Å². The van der Waals surface area contributed by atoms with Gasteiger partial charge >= 0.3 is 0 Å². The Labute approximate surface area is 105 Å². The van der Waals surface area contributed by atoms with E-state index in [1.165, 1.54) is 0 Å². The van der Waals surface area contributed by atoms with E-state index in [-0.39, 0.29) is 5.41 Å². The van der Waals surface area contributed by atoms with Gasteiger partial charge in [-0.1, -0.05) is 19.8 Å². The Balaban J connectivity index is 2.20. The first-order valence-corrected chi connectivity index (χ1v) is 6.67. The second-order valence-electron chi connectivity index (χ2n) is 5.77. The van der Waals surface area contributed by atoms with Crippen LogP contribution in [0.1, 0.15) is 52.9 Å². The summed E-state index contributed by atoms with van der Waals surface area (Å²) in [6.45, 7) is 7.91. The number of hydrogen-bond donors (Lipinski definition) is 0. The van der Waals surface area contributed by atoms with E-state index < -0.39 is 0 Å². The molecule has 3 heteroatoms. The summed E-state index contributed by atoms with van der Waals surface area (Å²) in [7, 11) is 0. The van der Waals surface area contributed by atoms with Gasteiger partial charge in [0.15, 0.2) is 0 Å². The van der Waals surface area contributed by atoms with Crippen LogP contribution in [-0.2, 0) is 4.79 Å². The lowest BCUT2D eigenvalue weighted by Gasteiger charge is -2.18. The maximum absolute atomic E-state index is 11.7. The van der Waals surface area contributed by atoms with Crippen LogP contribution in [0, 0.1) is 22.7 Å². The zero-order chi connectivity index (χ0) is 12.9. The fourth-order valence-electron chi connectivity index (χ4n) is 2.27. The quantitative estimate of drug-likeness (QED) is 0.665. The van der Waals surface area contributed by atoms with Crippen molar-refractivity contribution in [1.82, 2.24) is 4.90 Å². The van der Waals surface area contributed by atoms with Crippen molar-refractivity contribution in [2.75, 3.05) is 13.1 Å². The van der Waals surface area contributed by atoms with E-state index in [1.54, 1.807) is 0 Å². The van der Waals surface area contributed by atoms with E-state index in [4.69, 9.17) is 5.26 Å². The number of hydrogen-bond acceptors (Lipinski definition) is 2. The summed E-state index contributed by atoms with van der Waals surface area (Å²) in [5, 5.41) is 8.90. The molecule has 17 heavy (non-hydrogen) atoms. The SMILES string of the molecule is CCC1CC(=O)N(CCCCC(C)(C)C#N)C1. The minimum absolute atomic E-state index is 0.221. The second-order valence-corrected chi connectivity index (χ2v) is 5.77. The molecule has 1 fully saturated rings. The molecule has 1 unspecified atom stereocenters. The van der Waals surface area contributed by atoms with Crippen LogP contribution in [0.4, 0.5) is 0 Å². The molecule has 0 spiro atoms. The van der Waals surface area contributed by atoms with Crippen LogP contribution in [0.3, 0.4) is 0 Å². The molecule has 3 nitrogen and oxygen atoms in total. The van der Waals surface area contributed by atoms with Crippen molar-refractivity contribution in [1.29, 1.82) is 5.26 Å². The van der Waals surface area contributed by atoms with Crippen LogP contribution in [-0.4, -0.2) is 23.9 Å². The highest BCUT2D eigenvalue weighted by molar-refractivity contribution is 5.78. The zero-order valence-corrected chi connectivity index (χ0v) is 11.3. The Morgan fingerprint density at radius 2 is 2.18 bits per heavy atom. The van der Waals surface area contributed by atoms with Crippen LogP contribution in [0.25, 0.3) is 0 Å². The highest BCUT2D eigenvalue weighted by Crippen LogP contribution is 2.24. The van der Waals surface area contributed by atoms with Gasteiger partial charge < -0.3 is 4.90 Å². The summed E-state index contributed by atoms with van der Waals surface area (Å²) in [4.78, 5) is 13.7. The molecule has 1 atom stereocenters. The molecule has 0 saturated carbocycles. The van der Waals surface area contributed by atoms with E-state index in [0.717, 1.165) is 45.2 Å². The fraction of sp³-hybridized carbons (Fsp3) is 0.857. The van der Waals surface area contributed by atoms with Crippen LogP contribution in [0.15, 0.2) is 0 Å². The number of unbranched alkanes of at least 4 members (excludes halogenated alkanes) is 1. The Morgan fingerprint density at radius 1 is 1.47 bits per heavy atom. The van der Waals surface area contributed by atoms with E-state index in [2.05, 4.69) is 13.0 Å². The van der Waals surface area contributed by atoms with E-state index in [0.29, 0.717) is 11.8 Å². The average Bonchev–Trinajstić information content (AvgIpc) is 2.66. The minimum atomic E-state index is -0.221. The highest BCUT2D eigenvalue weighted by Gasteiger charge is 2.27. The van der Waals surface area contributed by atoms with Crippen molar-refractivity contribution in [3.05, 3.63) is 0 Å². The standard InChI is InChI=1S/C14H24N2O/c1-4-12-9-13(17)16(10-12)8-6-5-7-14(2,3)11-15/h12H,4-10H2,1-3H3. The number of amides is 1. The summed E-state index contributed by atoms with van der Waals surface area (Å²) < 4.78 is 0. The minimum Gasteiger partial charge on any atom is -0.342 e. The van der Waals surface area contributed by atoms with Gasteiger partial charge in [-0.2, -0.15) is 5.26 Å². The summed E-state index contributed by atoms with van der Waals surface area (Å²) in [6, 6.07) is 2.31. The summed E-state index contributed by atoms with van der Waals surface area (Å²) in [5.41, 5.74) is -0.221. The van der Waals surface area contributed by atoms with Crippen LogP contribution >= 0.6 is 0 Å². The maximum Gasteiger partial charge on any atom is 0.222 e. The van der Waals surface area contributed by atoms with E-state index in [9.17, 15) is 4.79 Å². The number of carbonyl (C=O) groups is 1. The molecule has 0 N–H and O–H groups in total. The lowest BCUT2D eigenvalue weighted by molar-refractivity contribution is -0.127. The molecule has 0 aromatic heterocycles. The number of rotatable bonds is 6. The summed E-state index contributed by atoms with van der Waals surface area (Å²) in [6.07, 6.45) is 4.81. The van der Waals surface area contributed by atoms with Crippen molar-refractivity contribution >= 4 is 5.91 Å². The number of nitrogens with zero attached hydrogens (tertiary/aromatic N) is 2. The van der Waals surface area contributed by atoms with Crippen molar-refractivity contribution in [3.63, 3.8) is 0 Å². The van der Waals surface area contributed by atoms with Gasteiger partial charge in [-0.3, -0.25) is 4.79 Å². The normalized spacial score (nSPS) is 20.7. The molecule has 0 bridgehead atoms. The Kier molecular flexibility index (Phi) is 4.99. The smallest absolute Gasteiger partial charge is 0.222 e. The number of likely N-dealkylation sites (tertiary alicyclic amines) is 1. The van der Waals surface area contributed by atoms with E-state index in [1.807, 2.05) is 18.7 Å². The first-order valence-electron chi connectivity index (χ1n) is 6.67. The molecule has 1 amide bonds. The van der Waals surface area contributed by atoms with Crippen molar-refractivity contribution in [2.45, 2.75) is 52.9 Å². The van der Waals surface area contributed by atoms with Gasteiger partial charge in [0.05, 0.1) is 11.5 Å². The van der Waals surface area contributed by atoms with Crippen LogP contribution in [0.2, 0.25) is 0 Å². The lowest BCUT2D eigenvalue weighted by atomic mass is 9.89. The molecule has 0 aliphatic carbocycles.